The van der Waals surface area contributed by atoms with Crippen LogP contribution in [-0.2, 0) is 11.2 Å². The van der Waals surface area contributed by atoms with E-state index < -0.39 is 11.2 Å². The molecule has 6 heteroatoms. The summed E-state index contributed by atoms with van der Waals surface area (Å²) in [5.41, 5.74) is 2.63. The maximum Gasteiger partial charge on any atom is 0.124 e. The number of hydrogen-bond acceptors (Lipinski definition) is 5. The van der Waals surface area contributed by atoms with Gasteiger partial charge in [-0.3, -0.25) is 10.1 Å². The molecule has 1 saturated carbocycles. The molecule has 33 heavy (non-hydrogen) atoms. The van der Waals surface area contributed by atoms with Crippen molar-refractivity contribution >= 4 is 0 Å². The number of likely N-dealkylation sites (tertiary alicyclic amines) is 1. The van der Waals surface area contributed by atoms with Crippen LogP contribution in [0.4, 0.5) is 0 Å². The molecule has 6 nitrogen and oxygen atoms in total. The molecule has 1 saturated heterocycles. The van der Waals surface area contributed by atoms with E-state index in [2.05, 4.69) is 58.3 Å². The average molecular weight is 447 g/mol. The Bertz CT molecular complexity index is 1140. The molecule has 174 valence electrons. The van der Waals surface area contributed by atoms with Crippen molar-refractivity contribution in [2.45, 2.75) is 57.2 Å². The Balaban J connectivity index is 1.56. The van der Waals surface area contributed by atoms with Crippen LogP contribution in [0.15, 0.2) is 48.8 Å². The summed E-state index contributed by atoms with van der Waals surface area (Å²) in [7, 11) is 2.08. The van der Waals surface area contributed by atoms with Crippen molar-refractivity contribution < 1.29 is 10.2 Å². The summed E-state index contributed by atoms with van der Waals surface area (Å²) in [6, 6.07) is 12.4. The van der Waals surface area contributed by atoms with Gasteiger partial charge in [0.1, 0.15) is 11.2 Å². The van der Waals surface area contributed by atoms with Gasteiger partial charge in [-0.25, -0.2) is 0 Å². The molecule has 1 aromatic carbocycles. The lowest BCUT2D eigenvalue weighted by molar-refractivity contribution is -0.127. The Morgan fingerprint density at radius 1 is 1.03 bits per heavy atom. The van der Waals surface area contributed by atoms with Crippen molar-refractivity contribution in [3.05, 3.63) is 71.2 Å². The number of rotatable bonds is 6. The van der Waals surface area contributed by atoms with Crippen LogP contribution in [0.3, 0.4) is 0 Å². The van der Waals surface area contributed by atoms with Crippen LogP contribution in [0.25, 0.3) is 11.3 Å². The quantitative estimate of drug-likeness (QED) is 0.530. The van der Waals surface area contributed by atoms with Crippen molar-refractivity contribution in [2.24, 2.45) is 5.41 Å². The summed E-state index contributed by atoms with van der Waals surface area (Å²) in [6.07, 6.45) is 7.35. The molecule has 0 bridgehead atoms. The molecule has 1 aliphatic heterocycles. The first-order valence-corrected chi connectivity index (χ1v) is 11.9. The summed E-state index contributed by atoms with van der Waals surface area (Å²) >= 11 is 0. The molecule has 2 aromatic heterocycles. The van der Waals surface area contributed by atoms with Gasteiger partial charge in [-0.05, 0) is 62.9 Å². The number of aliphatic hydroxyl groups is 2. The molecule has 0 amide bonds. The maximum absolute atomic E-state index is 12.4. The van der Waals surface area contributed by atoms with Gasteiger partial charge in [-0.2, -0.15) is 5.10 Å². The zero-order valence-electron chi connectivity index (χ0n) is 20.0. The van der Waals surface area contributed by atoms with E-state index >= 15 is 0 Å². The van der Waals surface area contributed by atoms with Gasteiger partial charge in [-0.15, -0.1) is 0 Å². The lowest BCUT2D eigenvalue weighted by atomic mass is 9.62. The number of nitrogens with zero attached hydrogens (tertiary/aromatic N) is 3. The maximum atomic E-state index is 12.4. The highest BCUT2D eigenvalue weighted by Gasteiger charge is 2.55. The largest absolute Gasteiger partial charge is 0.384 e. The summed E-state index contributed by atoms with van der Waals surface area (Å²) in [4.78, 5) is 6.72. The van der Waals surface area contributed by atoms with Gasteiger partial charge in [0.25, 0.3) is 0 Å². The summed E-state index contributed by atoms with van der Waals surface area (Å²) in [5.74, 6) is 0.659. The van der Waals surface area contributed by atoms with Gasteiger partial charge < -0.3 is 15.1 Å². The van der Waals surface area contributed by atoms with Gasteiger partial charge in [0, 0.05) is 42.0 Å². The van der Waals surface area contributed by atoms with Crippen LogP contribution in [0.5, 0.6) is 0 Å². The Morgan fingerprint density at radius 3 is 2.27 bits per heavy atom. The van der Waals surface area contributed by atoms with Gasteiger partial charge in [0.2, 0.25) is 0 Å². The van der Waals surface area contributed by atoms with E-state index in [4.69, 9.17) is 0 Å². The van der Waals surface area contributed by atoms with Crippen molar-refractivity contribution in [1.29, 1.82) is 0 Å². The minimum absolute atomic E-state index is 0.343. The highest BCUT2D eigenvalue weighted by molar-refractivity contribution is 5.60. The minimum atomic E-state index is -1.18. The first-order valence-electron chi connectivity index (χ1n) is 11.9. The normalized spacial score (nSPS) is 20.7. The number of H-pyrrole nitrogens is 1. The van der Waals surface area contributed by atoms with E-state index in [1.54, 1.807) is 26.2 Å². The molecule has 0 radical (unpaired) electrons. The monoisotopic (exact) mass is 446 g/mol. The van der Waals surface area contributed by atoms with Crippen LogP contribution in [-0.4, -0.2) is 50.4 Å². The molecule has 3 aromatic rings. The predicted octanol–water partition coefficient (Wildman–Crippen LogP) is 4.15. The molecule has 0 spiro atoms. The lowest BCUT2D eigenvalue weighted by Gasteiger charge is -2.56. The van der Waals surface area contributed by atoms with Crippen molar-refractivity contribution in [2.75, 3.05) is 20.1 Å². The number of aromatic nitrogens is 3. The Hall–Kier alpha value is -2.54. The van der Waals surface area contributed by atoms with Gasteiger partial charge in [-0.1, -0.05) is 37.6 Å². The molecule has 3 heterocycles. The molecule has 1 atom stereocenters. The lowest BCUT2D eigenvalue weighted by Crippen LogP contribution is -2.63. The summed E-state index contributed by atoms with van der Waals surface area (Å²) in [5, 5.41) is 30.0. The van der Waals surface area contributed by atoms with Crippen molar-refractivity contribution in [1.82, 2.24) is 20.1 Å². The third kappa shape index (κ3) is 3.70. The van der Waals surface area contributed by atoms with E-state index in [1.165, 1.54) is 24.8 Å². The smallest absolute Gasteiger partial charge is 0.124 e. The number of aromatic amines is 1. The van der Waals surface area contributed by atoms with Gasteiger partial charge in [0.05, 0.1) is 11.4 Å². The van der Waals surface area contributed by atoms with E-state index in [0.29, 0.717) is 17.3 Å². The second-order valence-electron chi connectivity index (χ2n) is 10.9. The van der Waals surface area contributed by atoms with Crippen molar-refractivity contribution in [3.63, 3.8) is 0 Å². The fraction of sp³-hybridized carbons (Fsp3) is 0.481. The van der Waals surface area contributed by atoms with Crippen LogP contribution >= 0.6 is 0 Å². The van der Waals surface area contributed by atoms with E-state index in [-0.39, 0.29) is 5.41 Å². The molecule has 2 fully saturated rings. The molecule has 5 rings (SSSR count). The fourth-order valence-electron chi connectivity index (χ4n) is 5.54. The molecule has 1 aliphatic carbocycles. The first-order chi connectivity index (χ1) is 15.6. The minimum Gasteiger partial charge on any atom is -0.384 e. The van der Waals surface area contributed by atoms with Crippen LogP contribution in [0.2, 0.25) is 0 Å². The van der Waals surface area contributed by atoms with Gasteiger partial charge in [0.15, 0.2) is 0 Å². The van der Waals surface area contributed by atoms with Crippen LogP contribution in [0.1, 0.15) is 68.3 Å². The standard InChI is InChI=1S/C27H34N4O2/c1-25(2,32)24-13-23(29-30-24)20-12-22(15-28-14-20)27(33,26(3)16-31(4)17-26)21-10-8-19(9-11-21)18-6-5-7-18/h8-15,18,32-33H,5-7,16-17H2,1-4H3,(H,29,30)/t27-/m0/s1. The SMILES string of the molecule is CN1CC(C)([C@](O)(c2ccc(C3CCC3)cc2)c2cncc(-c3cc(C(C)(C)O)[nH]n3)c2)C1. The van der Waals surface area contributed by atoms with Crippen LogP contribution < -0.4 is 0 Å². The predicted molar refractivity (Wildman–Crippen MR) is 129 cm³/mol. The second kappa shape index (κ2) is 7.76. The first kappa shape index (κ1) is 22.3. The molecule has 2 aliphatic rings. The third-order valence-corrected chi connectivity index (χ3v) is 7.71. The number of benzene rings is 1. The highest BCUT2D eigenvalue weighted by Crippen LogP contribution is 2.50. The molecule has 3 N–H and O–H groups in total. The van der Waals surface area contributed by atoms with Gasteiger partial charge >= 0.3 is 0 Å². The average Bonchev–Trinajstić information content (AvgIpc) is 3.22. The molecular formula is C27H34N4O2. The van der Waals surface area contributed by atoms with E-state index in [9.17, 15) is 10.2 Å². The summed E-state index contributed by atoms with van der Waals surface area (Å²) in [6.45, 7) is 7.19. The second-order valence-corrected chi connectivity index (χ2v) is 10.9. The fourth-order valence-corrected chi connectivity index (χ4v) is 5.54. The number of nitrogens with one attached hydrogen (secondary N) is 1. The van der Waals surface area contributed by atoms with E-state index in [0.717, 1.165) is 29.8 Å². The van der Waals surface area contributed by atoms with Crippen molar-refractivity contribution in [3.8, 4) is 11.3 Å². The highest BCUT2D eigenvalue weighted by atomic mass is 16.3. The third-order valence-electron chi connectivity index (χ3n) is 7.71. The number of pyridine rings is 1. The topological polar surface area (TPSA) is 85.3 Å². The Labute approximate surface area is 195 Å². The zero-order chi connectivity index (χ0) is 23.4. The molecule has 0 unspecified atom stereocenters. The summed E-state index contributed by atoms with van der Waals surface area (Å²) < 4.78 is 0. The Kier molecular flexibility index (Phi) is 5.23. The Morgan fingerprint density at radius 2 is 1.73 bits per heavy atom. The van der Waals surface area contributed by atoms with Crippen LogP contribution in [0, 0.1) is 5.41 Å². The van der Waals surface area contributed by atoms with E-state index in [1.807, 2.05) is 12.1 Å². The zero-order valence-corrected chi connectivity index (χ0v) is 20.0. The number of hydrogen-bond donors (Lipinski definition) is 3. The molecular weight excluding hydrogens is 412 g/mol.